The number of carbonyl (C=O) groups excluding carboxylic acids is 1. The molecule has 8 nitrogen and oxygen atoms in total. The molecule has 0 aliphatic carbocycles. The van der Waals surface area contributed by atoms with Crippen LogP contribution in [-0.4, -0.2) is 47.3 Å². The molecule has 0 saturated carbocycles. The van der Waals surface area contributed by atoms with Crippen molar-refractivity contribution >= 4 is 56.9 Å². The van der Waals surface area contributed by atoms with Crippen molar-refractivity contribution < 1.29 is 4.79 Å². The van der Waals surface area contributed by atoms with Gasteiger partial charge in [0.2, 0.25) is 0 Å². The van der Waals surface area contributed by atoms with Gasteiger partial charge in [-0.2, -0.15) is 5.21 Å². The van der Waals surface area contributed by atoms with Gasteiger partial charge in [-0.15, -0.1) is 10.2 Å². The number of aromatic nitrogens is 5. The van der Waals surface area contributed by atoms with E-state index >= 15 is 0 Å². The zero-order chi connectivity index (χ0) is 23.5. The number of fused-ring (bicyclic) bond motifs is 1. The number of thiocarbonyl (C=S) groups is 1. The predicted octanol–water partition coefficient (Wildman–Crippen LogP) is 4.22. The van der Waals surface area contributed by atoms with Crippen molar-refractivity contribution in [2.45, 2.75) is 19.3 Å². The number of benzene rings is 2. The van der Waals surface area contributed by atoms with Crippen molar-refractivity contribution in [2.24, 2.45) is 0 Å². The van der Waals surface area contributed by atoms with Gasteiger partial charge in [-0.05, 0) is 59.9 Å². The third-order valence-corrected chi connectivity index (χ3v) is 6.97. The minimum Gasteiger partial charge on any atom is -0.398 e. The lowest BCUT2D eigenvalue weighted by Crippen LogP contribution is -2.29. The molecule has 3 heterocycles. The molecule has 10 heteroatoms. The summed E-state index contributed by atoms with van der Waals surface area (Å²) < 4.78 is 0.587. The van der Waals surface area contributed by atoms with Gasteiger partial charge in [-0.1, -0.05) is 53.5 Å². The Morgan fingerprint density at radius 2 is 2.00 bits per heavy atom. The van der Waals surface area contributed by atoms with Gasteiger partial charge in [0.1, 0.15) is 4.32 Å². The Morgan fingerprint density at radius 1 is 1.12 bits per heavy atom. The van der Waals surface area contributed by atoms with Crippen LogP contribution in [0.4, 0.5) is 5.69 Å². The number of aryl methyl sites for hydroxylation is 1. The summed E-state index contributed by atoms with van der Waals surface area (Å²) in [5, 5.41) is 14.8. The van der Waals surface area contributed by atoms with Gasteiger partial charge in [0.15, 0.2) is 5.82 Å². The van der Waals surface area contributed by atoms with Crippen molar-refractivity contribution in [3.05, 3.63) is 71.0 Å². The number of carbonyl (C=O) groups is 1. The third kappa shape index (κ3) is 4.68. The maximum Gasteiger partial charge on any atom is 0.266 e. The maximum atomic E-state index is 13.0. The Balaban J connectivity index is 1.30. The smallest absolute Gasteiger partial charge is 0.266 e. The minimum absolute atomic E-state index is 0.0514. The largest absolute Gasteiger partial charge is 0.398 e. The Kier molecular flexibility index (Phi) is 6.33. The van der Waals surface area contributed by atoms with E-state index in [4.69, 9.17) is 18.0 Å². The first-order chi connectivity index (χ1) is 16.6. The number of aromatic amines is 1. The van der Waals surface area contributed by atoms with E-state index in [2.05, 4.69) is 31.7 Å². The predicted molar refractivity (Wildman–Crippen MR) is 139 cm³/mol. The fourth-order valence-electron chi connectivity index (χ4n) is 3.84. The number of nitrogens with zero attached hydrogens (tertiary/aromatic N) is 5. The van der Waals surface area contributed by atoms with Crippen LogP contribution in [0.2, 0.25) is 0 Å². The van der Waals surface area contributed by atoms with E-state index in [1.807, 2.05) is 42.5 Å². The Morgan fingerprint density at radius 3 is 2.85 bits per heavy atom. The molecule has 1 aliphatic rings. The van der Waals surface area contributed by atoms with Crippen LogP contribution < -0.4 is 5.73 Å². The molecule has 3 N–H and O–H groups in total. The topological polar surface area (TPSA) is 114 Å². The van der Waals surface area contributed by atoms with Gasteiger partial charge in [0.25, 0.3) is 5.91 Å². The van der Waals surface area contributed by atoms with Crippen LogP contribution in [0.25, 0.3) is 28.1 Å². The molecule has 1 fully saturated rings. The average Bonchev–Trinajstić information content (AvgIpc) is 3.45. The molecule has 1 saturated heterocycles. The molecule has 170 valence electrons. The molecular formula is C24H21N7OS2. The van der Waals surface area contributed by atoms with Crippen LogP contribution in [0.1, 0.15) is 24.2 Å². The summed E-state index contributed by atoms with van der Waals surface area (Å²) in [7, 11) is 0. The molecule has 0 bridgehead atoms. The second-order valence-corrected chi connectivity index (χ2v) is 9.55. The summed E-state index contributed by atoms with van der Waals surface area (Å²) in [5.74, 6) is 0.625. The lowest BCUT2D eigenvalue weighted by atomic mass is 10.0. The SMILES string of the molecule is Nc1ccnc2ccc(-c3cccc(/C=C4\SC(=S)N(CCCCc5nn[nH]n5)C4=O)c3)cc12. The molecule has 4 aromatic rings. The van der Waals surface area contributed by atoms with Crippen molar-refractivity contribution in [1.82, 2.24) is 30.5 Å². The lowest BCUT2D eigenvalue weighted by Gasteiger charge is -2.13. The van der Waals surface area contributed by atoms with Crippen LogP contribution in [-0.2, 0) is 11.2 Å². The summed E-state index contributed by atoms with van der Waals surface area (Å²) in [6.45, 7) is 0.576. The van der Waals surface area contributed by atoms with Crippen molar-refractivity contribution in [2.75, 3.05) is 12.3 Å². The molecule has 0 unspecified atom stereocenters. The summed E-state index contributed by atoms with van der Waals surface area (Å²) in [6.07, 6.45) is 5.98. The first-order valence-corrected chi connectivity index (χ1v) is 12.0. The number of anilines is 1. The van der Waals surface area contributed by atoms with Gasteiger partial charge in [-0.3, -0.25) is 14.7 Å². The second kappa shape index (κ2) is 9.70. The summed E-state index contributed by atoms with van der Waals surface area (Å²) in [6, 6.07) is 15.9. The first-order valence-electron chi connectivity index (χ1n) is 10.8. The molecule has 0 radical (unpaired) electrons. The monoisotopic (exact) mass is 487 g/mol. The number of hydrogen-bond donors (Lipinski definition) is 2. The Hall–Kier alpha value is -3.63. The van der Waals surface area contributed by atoms with Crippen LogP contribution >= 0.6 is 24.0 Å². The molecular weight excluding hydrogens is 466 g/mol. The number of tetrazole rings is 1. The number of amides is 1. The van der Waals surface area contributed by atoms with Gasteiger partial charge in [0, 0.05) is 30.2 Å². The highest BCUT2D eigenvalue weighted by atomic mass is 32.2. The number of unbranched alkanes of at least 4 members (excludes halogenated alkanes) is 1. The summed E-state index contributed by atoms with van der Waals surface area (Å²) in [4.78, 5) is 19.6. The molecule has 2 aromatic carbocycles. The molecule has 0 spiro atoms. The fourth-order valence-corrected chi connectivity index (χ4v) is 5.15. The standard InChI is InChI=1S/C24H21N7OS2/c25-19-9-10-26-20-8-7-17(14-18(19)20)16-5-3-4-15(12-16)13-21-23(32)31(24(33)34-21)11-2-1-6-22-27-29-30-28-22/h3-5,7-10,12-14H,1-2,6,11H2,(H2,25,26)(H,27,28,29,30)/b21-13-. The van der Waals surface area contributed by atoms with Crippen LogP contribution in [0.3, 0.4) is 0 Å². The highest BCUT2D eigenvalue weighted by molar-refractivity contribution is 8.26. The number of H-pyrrole nitrogens is 1. The highest BCUT2D eigenvalue weighted by Crippen LogP contribution is 2.34. The van der Waals surface area contributed by atoms with E-state index in [1.54, 1.807) is 17.2 Å². The quantitative estimate of drug-likeness (QED) is 0.226. The zero-order valence-electron chi connectivity index (χ0n) is 18.1. The lowest BCUT2D eigenvalue weighted by molar-refractivity contribution is -0.122. The number of rotatable bonds is 7. The molecule has 5 rings (SSSR count). The number of hydrogen-bond acceptors (Lipinski definition) is 8. The van der Waals surface area contributed by atoms with E-state index in [1.165, 1.54) is 11.8 Å². The number of nitrogens with one attached hydrogen (secondary N) is 1. The van der Waals surface area contributed by atoms with E-state index in [-0.39, 0.29) is 5.91 Å². The summed E-state index contributed by atoms with van der Waals surface area (Å²) in [5.41, 5.74) is 10.7. The average molecular weight is 488 g/mol. The van der Waals surface area contributed by atoms with Gasteiger partial charge in [0.05, 0.1) is 10.4 Å². The van der Waals surface area contributed by atoms with E-state index in [0.717, 1.165) is 40.4 Å². The fraction of sp³-hybridized carbons (Fsp3) is 0.167. The van der Waals surface area contributed by atoms with Crippen LogP contribution in [0.5, 0.6) is 0 Å². The molecule has 0 atom stereocenters. The van der Waals surface area contributed by atoms with E-state index < -0.39 is 0 Å². The van der Waals surface area contributed by atoms with Crippen molar-refractivity contribution in [1.29, 1.82) is 0 Å². The van der Waals surface area contributed by atoms with Crippen molar-refractivity contribution in [3.63, 3.8) is 0 Å². The first kappa shape index (κ1) is 22.2. The van der Waals surface area contributed by atoms with Crippen LogP contribution in [0.15, 0.2) is 59.6 Å². The van der Waals surface area contributed by atoms with Gasteiger partial charge < -0.3 is 5.73 Å². The number of pyridine rings is 1. The van der Waals surface area contributed by atoms with E-state index in [0.29, 0.717) is 33.7 Å². The Bertz CT molecular complexity index is 1400. The second-order valence-electron chi connectivity index (χ2n) is 7.88. The third-order valence-electron chi connectivity index (χ3n) is 5.59. The van der Waals surface area contributed by atoms with Gasteiger partial charge >= 0.3 is 0 Å². The number of nitrogens with two attached hydrogens (primary N) is 1. The molecule has 2 aromatic heterocycles. The maximum absolute atomic E-state index is 13.0. The molecule has 1 amide bonds. The minimum atomic E-state index is -0.0514. The summed E-state index contributed by atoms with van der Waals surface area (Å²) >= 11 is 6.81. The Labute approximate surface area is 205 Å². The zero-order valence-corrected chi connectivity index (χ0v) is 19.8. The molecule has 1 aliphatic heterocycles. The molecule has 34 heavy (non-hydrogen) atoms. The highest BCUT2D eigenvalue weighted by Gasteiger charge is 2.31. The van der Waals surface area contributed by atoms with Crippen molar-refractivity contribution in [3.8, 4) is 11.1 Å². The van der Waals surface area contributed by atoms with Crippen LogP contribution in [0, 0.1) is 0 Å². The number of thioether (sulfide) groups is 1. The van der Waals surface area contributed by atoms with Gasteiger partial charge in [-0.25, -0.2) is 0 Å². The number of nitrogen functional groups attached to an aromatic ring is 1. The normalized spacial score (nSPS) is 15.1. The van der Waals surface area contributed by atoms with E-state index in [9.17, 15) is 4.79 Å².